The number of nitrogens with zero attached hydrogens (tertiary/aromatic N) is 4. The molecule has 2 fully saturated rings. The zero-order chi connectivity index (χ0) is 19.0. The van der Waals surface area contributed by atoms with Gasteiger partial charge in [-0.05, 0) is 51.7 Å². The van der Waals surface area contributed by atoms with E-state index in [2.05, 4.69) is 30.0 Å². The molecular weight excluding hydrogens is 340 g/mol. The second-order valence-corrected chi connectivity index (χ2v) is 7.90. The van der Waals surface area contributed by atoms with Gasteiger partial charge in [0.1, 0.15) is 0 Å². The molecule has 4 rings (SSSR count). The average molecular weight is 368 g/mol. The highest BCUT2D eigenvalue weighted by Gasteiger charge is 2.34. The van der Waals surface area contributed by atoms with Crippen LogP contribution in [-0.2, 0) is 4.79 Å². The Kier molecular flexibility index (Phi) is 5.00. The van der Waals surface area contributed by atoms with Crippen molar-refractivity contribution < 1.29 is 9.90 Å². The topological polar surface area (TPSA) is 69.6 Å². The zero-order valence-corrected chi connectivity index (χ0v) is 16.2. The molecule has 144 valence electrons. The molecule has 27 heavy (non-hydrogen) atoms. The van der Waals surface area contributed by atoms with E-state index in [0.29, 0.717) is 0 Å². The quantitative estimate of drug-likeness (QED) is 0.901. The van der Waals surface area contributed by atoms with Gasteiger partial charge in [-0.1, -0.05) is 11.6 Å². The molecule has 1 aromatic heterocycles. The number of aliphatic hydroxyl groups is 1. The summed E-state index contributed by atoms with van der Waals surface area (Å²) in [5.41, 5.74) is 3.19. The first kappa shape index (κ1) is 18.2. The summed E-state index contributed by atoms with van der Waals surface area (Å²) < 4.78 is 0. The molecule has 1 atom stereocenters. The number of carbonyl (C=O) groups is 1. The summed E-state index contributed by atoms with van der Waals surface area (Å²) in [5, 5.41) is 10.6. The van der Waals surface area contributed by atoms with E-state index in [4.69, 9.17) is 9.97 Å². The van der Waals surface area contributed by atoms with E-state index >= 15 is 0 Å². The molecule has 0 radical (unpaired) electrons. The molecule has 0 bridgehead atoms. The van der Waals surface area contributed by atoms with Gasteiger partial charge >= 0.3 is 0 Å². The van der Waals surface area contributed by atoms with Crippen molar-refractivity contribution >= 4 is 22.8 Å². The van der Waals surface area contributed by atoms with Crippen molar-refractivity contribution in [1.29, 1.82) is 0 Å². The van der Waals surface area contributed by atoms with Crippen molar-refractivity contribution in [2.75, 3.05) is 31.1 Å². The number of benzene rings is 1. The monoisotopic (exact) mass is 368 g/mol. The fraction of sp³-hybridized carbons (Fsp3) is 0.571. The highest BCUT2D eigenvalue weighted by atomic mass is 16.3. The zero-order valence-electron chi connectivity index (χ0n) is 16.2. The normalized spacial score (nSPS) is 21.2. The Bertz CT molecular complexity index is 845. The second kappa shape index (κ2) is 7.43. The number of likely N-dealkylation sites (tertiary alicyclic amines) is 1. The number of aromatic nitrogens is 2. The van der Waals surface area contributed by atoms with Crippen molar-refractivity contribution in [3.8, 4) is 0 Å². The van der Waals surface area contributed by atoms with Gasteiger partial charge < -0.3 is 14.9 Å². The number of hydrogen-bond acceptors (Lipinski definition) is 5. The van der Waals surface area contributed by atoms with Crippen LogP contribution in [0.25, 0.3) is 10.9 Å². The van der Waals surface area contributed by atoms with E-state index in [1.54, 1.807) is 0 Å². The summed E-state index contributed by atoms with van der Waals surface area (Å²) in [4.78, 5) is 26.4. The molecule has 0 aliphatic carbocycles. The lowest BCUT2D eigenvalue weighted by atomic mass is 9.95. The first-order chi connectivity index (χ1) is 13.1. The first-order valence-electron chi connectivity index (χ1n) is 9.98. The lowest BCUT2D eigenvalue weighted by Crippen LogP contribution is -2.45. The molecule has 3 heterocycles. The SMILES string of the molecule is Cc1ccc2nc(N3CCC(C(=O)N4CCC[C@H]4CO)CC3)nc(C)c2c1. The number of piperidine rings is 1. The van der Waals surface area contributed by atoms with E-state index in [9.17, 15) is 9.90 Å². The van der Waals surface area contributed by atoms with E-state index in [1.807, 2.05) is 11.8 Å². The van der Waals surface area contributed by atoms with Crippen LogP contribution in [0.2, 0.25) is 0 Å². The van der Waals surface area contributed by atoms with E-state index < -0.39 is 0 Å². The van der Waals surface area contributed by atoms with Crippen LogP contribution >= 0.6 is 0 Å². The van der Waals surface area contributed by atoms with Crippen LogP contribution in [0.4, 0.5) is 5.95 Å². The predicted octanol–water partition coefficient (Wildman–Crippen LogP) is 2.45. The molecule has 1 aromatic carbocycles. The highest BCUT2D eigenvalue weighted by molar-refractivity contribution is 5.83. The van der Waals surface area contributed by atoms with Gasteiger partial charge in [-0.2, -0.15) is 0 Å². The summed E-state index contributed by atoms with van der Waals surface area (Å²) in [5.74, 6) is 1.04. The third-order valence-electron chi connectivity index (χ3n) is 6.03. The smallest absolute Gasteiger partial charge is 0.226 e. The average Bonchev–Trinajstić information content (AvgIpc) is 3.17. The lowest BCUT2D eigenvalue weighted by molar-refractivity contribution is -0.137. The third kappa shape index (κ3) is 3.50. The van der Waals surface area contributed by atoms with Crippen LogP contribution in [0.5, 0.6) is 0 Å². The van der Waals surface area contributed by atoms with Gasteiger partial charge in [0.05, 0.1) is 23.9 Å². The van der Waals surface area contributed by atoms with Crippen molar-refractivity contribution in [2.24, 2.45) is 5.92 Å². The number of hydrogen-bond donors (Lipinski definition) is 1. The van der Waals surface area contributed by atoms with Crippen molar-refractivity contribution in [2.45, 2.75) is 45.6 Å². The number of fused-ring (bicyclic) bond motifs is 1. The first-order valence-corrected chi connectivity index (χ1v) is 9.98. The fourth-order valence-corrected chi connectivity index (χ4v) is 4.40. The minimum absolute atomic E-state index is 0.0189. The summed E-state index contributed by atoms with van der Waals surface area (Å²) >= 11 is 0. The van der Waals surface area contributed by atoms with Crippen molar-refractivity contribution in [3.63, 3.8) is 0 Å². The summed E-state index contributed by atoms with van der Waals surface area (Å²) in [6.07, 6.45) is 3.56. The number of amides is 1. The van der Waals surface area contributed by atoms with Crippen LogP contribution in [-0.4, -0.2) is 58.2 Å². The minimum Gasteiger partial charge on any atom is -0.394 e. The summed E-state index contributed by atoms with van der Waals surface area (Å²) in [6, 6.07) is 6.29. The number of aliphatic hydroxyl groups excluding tert-OH is 1. The molecule has 2 saturated heterocycles. The van der Waals surface area contributed by atoms with E-state index in [1.165, 1.54) is 5.56 Å². The van der Waals surface area contributed by atoms with Gasteiger partial charge in [0.25, 0.3) is 0 Å². The number of aryl methyl sites for hydroxylation is 2. The molecule has 0 saturated carbocycles. The molecule has 6 heteroatoms. The Morgan fingerprint density at radius 2 is 1.93 bits per heavy atom. The van der Waals surface area contributed by atoms with Crippen LogP contribution in [0.1, 0.15) is 36.9 Å². The van der Waals surface area contributed by atoms with Gasteiger partial charge in [0.15, 0.2) is 0 Å². The maximum atomic E-state index is 12.8. The van der Waals surface area contributed by atoms with Gasteiger partial charge in [-0.25, -0.2) is 9.97 Å². The van der Waals surface area contributed by atoms with Crippen molar-refractivity contribution in [3.05, 3.63) is 29.5 Å². The largest absolute Gasteiger partial charge is 0.394 e. The van der Waals surface area contributed by atoms with Crippen LogP contribution in [0, 0.1) is 19.8 Å². The molecule has 1 N–H and O–H groups in total. The van der Waals surface area contributed by atoms with Gasteiger partial charge in [0.2, 0.25) is 11.9 Å². The number of anilines is 1. The second-order valence-electron chi connectivity index (χ2n) is 7.90. The molecule has 0 unspecified atom stereocenters. The Morgan fingerprint density at radius 3 is 2.67 bits per heavy atom. The fourth-order valence-electron chi connectivity index (χ4n) is 4.40. The molecule has 1 amide bonds. The molecule has 2 aliphatic heterocycles. The number of carbonyl (C=O) groups excluding carboxylic acids is 1. The Morgan fingerprint density at radius 1 is 1.15 bits per heavy atom. The van der Waals surface area contributed by atoms with Gasteiger partial charge in [-0.15, -0.1) is 0 Å². The summed E-state index contributed by atoms with van der Waals surface area (Å²) in [7, 11) is 0. The Balaban J connectivity index is 1.45. The molecule has 2 aromatic rings. The lowest BCUT2D eigenvalue weighted by Gasteiger charge is -2.34. The van der Waals surface area contributed by atoms with Crippen LogP contribution in [0.3, 0.4) is 0 Å². The number of rotatable bonds is 3. The Hall–Kier alpha value is -2.21. The highest BCUT2D eigenvalue weighted by Crippen LogP contribution is 2.28. The molecule has 0 spiro atoms. The summed E-state index contributed by atoms with van der Waals surface area (Å²) in [6.45, 7) is 6.57. The van der Waals surface area contributed by atoms with Gasteiger partial charge in [0, 0.05) is 30.9 Å². The third-order valence-corrected chi connectivity index (χ3v) is 6.03. The maximum absolute atomic E-state index is 12.8. The standard InChI is InChI=1S/C21H28N4O2/c1-14-5-6-19-18(12-14)15(2)22-21(23-19)24-10-7-16(8-11-24)20(27)25-9-3-4-17(25)13-26/h5-6,12,16-17,26H,3-4,7-11,13H2,1-2H3/t17-/m0/s1. The Labute approximate surface area is 160 Å². The minimum atomic E-state index is 0.0189. The van der Waals surface area contributed by atoms with Crippen molar-refractivity contribution in [1.82, 2.24) is 14.9 Å². The van der Waals surface area contributed by atoms with E-state index in [-0.39, 0.29) is 24.5 Å². The van der Waals surface area contributed by atoms with Crippen LogP contribution < -0.4 is 4.90 Å². The van der Waals surface area contributed by atoms with Crippen LogP contribution in [0.15, 0.2) is 18.2 Å². The molecule has 6 nitrogen and oxygen atoms in total. The van der Waals surface area contributed by atoms with Gasteiger partial charge in [-0.3, -0.25) is 4.79 Å². The predicted molar refractivity (Wildman–Crippen MR) is 106 cm³/mol. The molecule has 2 aliphatic rings. The molecular formula is C21H28N4O2. The maximum Gasteiger partial charge on any atom is 0.226 e. The van der Waals surface area contributed by atoms with E-state index in [0.717, 1.165) is 67.9 Å².